The first-order valence-corrected chi connectivity index (χ1v) is 8.32. The van der Waals surface area contributed by atoms with E-state index in [4.69, 9.17) is 4.52 Å². The summed E-state index contributed by atoms with van der Waals surface area (Å²) >= 11 is 6.58. The number of aromatic nitrogens is 1. The Balaban J connectivity index is 2.27. The van der Waals surface area contributed by atoms with Gasteiger partial charge in [0.15, 0.2) is 5.76 Å². The molecule has 0 aliphatic rings. The highest BCUT2D eigenvalue weighted by Gasteiger charge is 2.19. The first-order chi connectivity index (χ1) is 8.90. The maximum atomic E-state index is 12.2. The lowest BCUT2D eigenvalue weighted by atomic mass is 10.2. The van der Waals surface area contributed by atoms with Crippen molar-refractivity contribution in [2.24, 2.45) is 0 Å². The van der Waals surface area contributed by atoms with Crippen molar-refractivity contribution in [1.82, 2.24) is 9.88 Å². The van der Waals surface area contributed by atoms with Crippen LogP contribution in [0.4, 0.5) is 0 Å². The summed E-state index contributed by atoms with van der Waals surface area (Å²) in [5, 5.41) is 3.51. The van der Waals surface area contributed by atoms with E-state index < -0.39 is 10.0 Å². The summed E-state index contributed by atoms with van der Waals surface area (Å²) < 4.78 is 32.9. The second-order valence-corrected chi connectivity index (χ2v) is 7.28. The number of nitrogens with one attached hydrogen (secondary N) is 1. The van der Waals surface area contributed by atoms with Gasteiger partial charge in [-0.3, -0.25) is 0 Å². The fraction of sp³-hybridized carbons (Fsp3) is 0.182. The molecule has 0 atom stereocenters. The van der Waals surface area contributed by atoms with Crippen LogP contribution in [0.1, 0.15) is 11.3 Å². The van der Waals surface area contributed by atoms with Gasteiger partial charge in [-0.25, -0.2) is 13.1 Å². The summed E-state index contributed by atoms with van der Waals surface area (Å²) in [6.45, 7) is 1.94. The topological polar surface area (TPSA) is 72.2 Å². The monoisotopic (exact) mass is 408 g/mol. The summed E-state index contributed by atoms with van der Waals surface area (Å²) in [5.74, 6) is 0.450. The molecule has 0 unspecified atom stereocenters. The SMILES string of the molecule is Cc1cc(Br)c(S(=O)(=O)NCc2ccno2)cc1Br. The molecule has 1 aromatic heterocycles. The lowest BCUT2D eigenvalue weighted by Crippen LogP contribution is -2.23. The average molecular weight is 410 g/mol. The number of nitrogens with zero attached hydrogens (tertiary/aromatic N) is 1. The van der Waals surface area contributed by atoms with Crippen molar-refractivity contribution in [1.29, 1.82) is 0 Å². The number of hydrogen-bond acceptors (Lipinski definition) is 4. The molecule has 0 saturated carbocycles. The number of hydrogen-bond donors (Lipinski definition) is 1. The molecule has 0 fully saturated rings. The Morgan fingerprint density at radius 3 is 2.68 bits per heavy atom. The third-order valence-electron chi connectivity index (χ3n) is 2.43. The van der Waals surface area contributed by atoms with Crippen LogP contribution in [0.15, 0.2) is 42.8 Å². The second-order valence-electron chi connectivity index (χ2n) is 3.84. The van der Waals surface area contributed by atoms with Gasteiger partial charge < -0.3 is 4.52 Å². The molecule has 0 aliphatic carbocycles. The van der Waals surface area contributed by atoms with Gasteiger partial charge >= 0.3 is 0 Å². The number of halogens is 2. The molecule has 2 rings (SSSR count). The Labute approximate surface area is 127 Å². The molecule has 19 heavy (non-hydrogen) atoms. The third-order valence-corrected chi connectivity index (χ3v) is 5.64. The van der Waals surface area contributed by atoms with Crippen LogP contribution in [0.5, 0.6) is 0 Å². The van der Waals surface area contributed by atoms with Gasteiger partial charge in [-0.2, -0.15) is 0 Å². The second kappa shape index (κ2) is 5.74. The number of sulfonamides is 1. The molecule has 0 amide bonds. The fourth-order valence-corrected chi connectivity index (χ4v) is 4.08. The quantitative estimate of drug-likeness (QED) is 0.842. The van der Waals surface area contributed by atoms with Crippen LogP contribution in [-0.4, -0.2) is 13.6 Å². The molecule has 0 bridgehead atoms. The van der Waals surface area contributed by atoms with E-state index in [1.807, 2.05) is 6.92 Å². The van der Waals surface area contributed by atoms with Crippen molar-refractivity contribution in [3.8, 4) is 0 Å². The summed E-state index contributed by atoms with van der Waals surface area (Å²) in [6, 6.07) is 4.90. The predicted octanol–water partition coefficient (Wildman–Crippen LogP) is 2.99. The lowest BCUT2D eigenvalue weighted by molar-refractivity contribution is 0.380. The Hall–Kier alpha value is -0.700. The van der Waals surface area contributed by atoms with E-state index in [0.29, 0.717) is 10.2 Å². The van der Waals surface area contributed by atoms with Gasteiger partial charge in [-0.05, 0) is 40.5 Å². The molecule has 1 heterocycles. The fourth-order valence-electron chi connectivity index (χ4n) is 1.41. The highest BCUT2D eigenvalue weighted by molar-refractivity contribution is 9.11. The minimum absolute atomic E-state index is 0.0558. The number of benzene rings is 1. The van der Waals surface area contributed by atoms with E-state index in [2.05, 4.69) is 41.7 Å². The minimum atomic E-state index is -3.62. The van der Waals surface area contributed by atoms with E-state index in [1.165, 1.54) is 6.20 Å². The lowest BCUT2D eigenvalue weighted by Gasteiger charge is -2.09. The predicted molar refractivity (Wildman–Crippen MR) is 77.1 cm³/mol. The van der Waals surface area contributed by atoms with Crippen molar-refractivity contribution >= 4 is 41.9 Å². The molecular formula is C11H10Br2N2O3S. The summed E-state index contributed by atoms with van der Waals surface area (Å²) in [6.07, 6.45) is 1.46. The maximum absolute atomic E-state index is 12.2. The first-order valence-electron chi connectivity index (χ1n) is 5.25. The van der Waals surface area contributed by atoms with Crippen LogP contribution < -0.4 is 4.72 Å². The van der Waals surface area contributed by atoms with Crippen molar-refractivity contribution in [3.63, 3.8) is 0 Å². The van der Waals surface area contributed by atoms with Crippen LogP contribution >= 0.6 is 31.9 Å². The Morgan fingerprint density at radius 1 is 1.32 bits per heavy atom. The van der Waals surface area contributed by atoms with E-state index in [-0.39, 0.29) is 11.4 Å². The van der Waals surface area contributed by atoms with Gasteiger partial charge in [-0.1, -0.05) is 21.1 Å². The summed E-state index contributed by atoms with van der Waals surface area (Å²) in [7, 11) is -3.62. The molecule has 8 heteroatoms. The maximum Gasteiger partial charge on any atom is 0.242 e. The van der Waals surface area contributed by atoms with Crippen LogP contribution in [-0.2, 0) is 16.6 Å². The third kappa shape index (κ3) is 3.44. The zero-order chi connectivity index (χ0) is 14.0. The molecule has 0 spiro atoms. The van der Waals surface area contributed by atoms with Crippen LogP contribution in [0.25, 0.3) is 0 Å². The molecule has 102 valence electrons. The molecule has 1 aromatic carbocycles. The van der Waals surface area contributed by atoms with Gasteiger partial charge in [0.05, 0.1) is 17.6 Å². The van der Waals surface area contributed by atoms with Gasteiger partial charge in [0.2, 0.25) is 10.0 Å². The van der Waals surface area contributed by atoms with Crippen LogP contribution in [0.2, 0.25) is 0 Å². The van der Waals surface area contributed by atoms with E-state index in [1.54, 1.807) is 18.2 Å². The smallest absolute Gasteiger partial charge is 0.242 e. The van der Waals surface area contributed by atoms with E-state index in [9.17, 15) is 8.42 Å². The van der Waals surface area contributed by atoms with Gasteiger partial charge in [-0.15, -0.1) is 0 Å². The molecular weight excluding hydrogens is 400 g/mol. The van der Waals surface area contributed by atoms with Gasteiger partial charge in [0, 0.05) is 15.0 Å². The van der Waals surface area contributed by atoms with Gasteiger partial charge in [0.1, 0.15) is 0 Å². The molecule has 0 aliphatic heterocycles. The Morgan fingerprint density at radius 2 is 2.05 bits per heavy atom. The van der Waals surface area contributed by atoms with Crippen molar-refractivity contribution in [3.05, 3.63) is 44.7 Å². The van der Waals surface area contributed by atoms with Crippen LogP contribution in [0.3, 0.4) is 0 Å². The van der Waals surface area contributed by atoms with Crippen molar-refractivity contribution < 1.29 is 12.9 Å². The van der Waals surface area contributed by atoms with Gasteiger partial charge in [0.25, 0.3) is 0 Å². The Bertz CT molecular complexity index is 684. The molecule has 1 N–H and O–H groups in total. The average Bonchev–Trinajstić information content (AvgIpc) is 2.84. The number of aryl methyl sites for hydroxylation is 1. The summed E-state index contributed by atoms with van der Waals surface area (Å²) in [5.41, 5.74) is 0.945. The van der Waals surface area contributed by atoms with Crippen molar-refractivity contribution in [2.75, 3.05) is 0 Å². The normalized spacial score (nSPS) is 11.7. The molecule has 5 nitrogen and oxygen atoms in total. The standard InChI is InChI=1S/C11H10Br2N2O3S/c1-7-4-10(13)11(5-9(7)12)19(16,17)15-6-8-2-3-14-18-8/h2-5,15H,6H2,1H3. The number of rotatable bonds is 4. The largest absolute Gasteiger partial charge is 0.360 e. The van der Waals surface area contributed by atoms with Crippen LogP contribution in [0, 0.1) is 6.92 Å². The molecule has 0 saturated heterocycles. The minimum Gasteiger partial charge on any atom is -0.360 e. The first kappa shape index (κ1) is 14.7. The van der Waals surface area contributed by atoms with E-state index in [0.717, 1.165) is 10.0 Å². The highest BCUT2D eigenvalue weighted by atomic mass is 79.9. The Kier molecular flexibility index (Phi) is 4.44. The summed E-state index contributed by atoms with van der Waals surface area (Å²) in [4.78, 5) is 0.171. The zero-order valence-electron chi connectivity index (χ0n) is 9.85. The van der Waals surface area contributed by atoms with Crippen molar-refractivity contribution in [2.45, 2.75) is 18.4 Å². The van der Waals surface area contributed by atoms with E-state index >= 15 is 0 Å². The molecule has 2 aromatic rings. The highest BCUT2D eigenvalue weighted by Crippen LogP contribution is 2.28. The molecule has 0 radical (unpaired) electrons. The zero-order valence-corrected chi connectivity index (χ0v) is 13.8.